The number of fused-ring (bicyclic) bond motifs is 5. The molecule has 2 amide bonds. The highest BCUT2D eigenvalue weighted by molar-refractivity contribution is 5.94. The molecular formula is C32H35FN4O7. The molecule has 3 aliphatic rings. The van der Waals surface area contributed by atoms with Crippen LogP contribution in [-0.4, -0.2) is 62.1 Å². The van der Waals surface area contributed by atoms with Crippen molar-refractivity contribution in [3.05, 3.63) is 61.7 Å². The van der Waals surface area contributed by atoms with Gasteiger partial charge >= 0.3 is 5.97 Å². The number of aliphatic hydroxyl groups is 2. The number of cyclic esters (lactones) is 1. The van der Waals surface area contributed by atoms with E-state index in [-0.39, 0.29) is 62.2 Å². The normalized spacial score (nSPS) is 19.8. The zero-order valence-electron chi connectivity index (χ0n) is 25.1. The molecule has 2 aliphatic heterocycles. The van der Waals surface area contributed by atoms with E-state index in [9.17, 15) is 29.4 Å². The molecule has 2 aromatic heterocycles. The van der Waals surface area contributed by atoms with Crippen molar-refractivity contribution in [3.63, 3.8) is 0 Å². The number of pyridine rings is 2. The van der Waals surface area contributed by atoms with Crippen molar-refractivity contribution < 1.29 is 33.7 Å². The molecule has 1 aromatic carbocycles. The number of carbonyl (C=O) groups excluding carboxylic acids is 3. The van der Waals surface area contributed by atoms with Gasteiger partial charge in [-0.2, -0.15) is 0 Å². The van der Waals surface area contributed by atoms with Crippen LogP contribution in [0, 0.1) is 18.7 Å². The molecule has 1 aliphatic carbocycles. The van der Waals surface area contributed by atoms with Gasteiger partial charge in [0.05, 0.1) is 48.2 Å². The molecule has 2 atom stereocenters. The number of amides is 2. The lowest BCUT2D eigenvalue weighted by Crippen LogP contribution is -2.45. The Morgan fingerprint density at radius 1 is 1.25 bits per heavy atom. The number of esters is 1. The van der Waals surface area contributed by atoms with Gasteiger partial charge in [-0.3, -0.25) is 14.4 Å². The van der Waals surface area contributed by atoms with Crippen LogP contribution >= 0.6 is 0 Å². The average Bonchev–Trinajstić information content (AvgIpc) is 3.36. The lowest BCUT2D eigenvalue weighted by molar-refractivity contribution is -0.172. The Labute approximate surface area is 252 Å². The summed E-state index contributed by atoms with van der Waals surface area (Å²) in [6.07, 6.45) is 0.930. The van der Waals surface area contributed by atoms with Crippen LogP contribution in [0.5, 0.6) is 0 Å². The maximum Gasteiger partial charge on any atom is 0.343 e. The van der Waals surface area contributed by atoms with Crippen LogP contribution in [0.25, 0.3) is 22.3 Å². The molecule has 0 fully saturated rings. The van der Waals surface area contributed by atoms with E-state index in [1.165, 1.54) is 15.5 Å². The fourth-order valence-corrected chi connectivity index (χ4v) is 6.87. The molecule has 3 aromatic rings. The molecule has 0 bridgehead atoms. The third-order valence-electron chi connectivity index (χ3n) is 9.22. The Morgan fingerprint density at radius 3 is 2.68 bits per heavy atom. The summed E-state index contributed by atoms with van der Waals surface area (Å²) >= 11 is 0. The number of ether oxygens (including phenoxy) is 1. The number of rotatable bonds is 7. The first-order valence-corrected chi connectivity index (χ1v) is 14.9. The molecule has 0 radical (unpaired) electrons. The fraction of sp³-hybridized carbons (Fsp3) is 0.469. The van der Waals surface area contributed by atoms with Crippen LogP contribution in [0.3, 0.4) is 0 Å². The van der Waals surface area contributed by atoms with Crippen molar-refractivity contribution in [1.82, 2.24) is 19.8 Å². The number of benzene rings is 1. The second-order valence-electron chi connectivity index (χ2n) is 12.1. The maximum atomic E-state index is 15.1. The van der Waals surface area contributed by atoms with Gasteiger partial charge in [-0.05, 0) is 48.9 Å². The van der Waals surface area contributed by atoms with Gasteiger partial charge in [0.15, 0.2) is 5.60 Å². The first-order chi connectivity index (χ1) is 20.9. The van der Waals surface area contributed by atoms with Crippen molar-refractivity contribution in [2.75, 3.05) is 19.7 Å². The lowest BCUT2D eigenvalue weighted by atomic mass is 9.81. The predicted octanol–water partition coefficient (Wildman–Crippen LogP) is 2.11. The lowest BCUT2D eigenvalue weighted by Gasteiger charge is -2.31. The summed E-state index contributed by atoms with van der Waals surface area (Å²) in [5.41, 5.74) is 1.83. The van der Waals surface area contributed by atoms with E-state index in [0.29, 0.717) is 40.9 Å². The molecule has 0 saturated heterocycles. The van der Waals surface area contributed by atoms with Gasteiger partial charge in [0.25, 0.3) is 5.56 Å². The molecular weight excluding hydrogens is 571 g/mol. The van der Waals surface area contributed by atoms with Crippen LogP contribution in [0.4, 0.5) is 4.39 Å². The standard InChI is InChI=1S/C32H35FN4O7/c1-5-32(43)20-10-24-28-18(12-37(24)30(41)19(20)14-44-31(32)42)27-22(34-25(39)13-36(8-9-38)29(40)15(2)3)7-6-17-16(4)21(33)11-23(35-28)26(17)27/h10-11,15,22,38,43H,5-9,12-14H2,1-4H3,(H,34,39)/t22?,32-/m0/s1. The molecule has 3 N–H and O–H groups in total. The molecule has 232 valence electrons. The summed E-state index contributed by atoms with van der Waals surface area (Å²) < 4.78 is 21.8. The van der Waals surface area contributed by atoms with Crippen LogP contribution in [0.2, 0.25) is 0 Å². The Balaban J connectivity index is 1.49. The summed E-state index contributed by atoms with van der Waals surface area (Å²) in [5.74, 6) is -2.26. The highest BCUT2D eigenvalue weighted by Gasteiger charge is 2.46. The first kappa shape index (κ1) is 29.9. The van der Waals surface area contributed by atoms with Gasteiger partial charge in [-0.15, -0.1) is 0 Å². The zero-order chi connectivity index (χ0) is 31.7. The van der Waals surface area contributed by atoms with Crippen molar-refractivity contribution in [2.24, 2.45) is 5.92 Å². The maximum absolute atomic E-state index is 15.1. The molecule has 11 nitrogen and oxygen atoms in total. The highest BCUT2D eigenvalue weighted by Crippen LogP contribution is 2.45. The third kappa shape index (κ3) is 4.42. The number of halogens is 1. The van der Waals surface area contributed by atoms with Gasteiger partial charge in [0.1, 0.15) is 12.4 Å². The predicted molar refractivity (Wildman–Crippen MR) is 157 cm³/mol. The molecule has 12 heteroatoms. The Morgan fingerprint density at radius 2 is 2.00 bits per heavy atom. The minimum atomic E-state index is -1.99. The van der Waals surface area contributed by atoms with E-state index >= 15 is 4.39 Å². The Bertz CT molecular complexity index is 1820. The van der Waals surface area contributed by atoms with Gasteiger partial charge in [-0.25, -0.2) is 14.2 Å². The van der Waals surface area contributed by atoms with E-state index in [2.05, 4.69) is 5.32 Å². The number of hydrogen-bond donors (Lipinski definition) is 3. The average molecular weight is 607 g/mol. The van der Waals surface area contributed by atoms with E-state index in [0.717, 1.165) is 16.5 Å². The zero-order valence-corrected chi connectivity index (χ0v) is 25.1. The summed E-state index contributed by atoms with van der Waals surface area (Å²) in [6.45, 7) is 6.14. The molecule has 1 unspecified atom stereocenters. The molecule has 0 saturated carbocycles. The highest BCUT2D eigenvalue weighted by atomic mass is 19.1. The summed E-state index contributed by atoms with van der Waals surface area (Å²) in [4.78, 5) is 58.5. The van der Waals surface area contributed by atoms with Crippen molar-refractivity contribution in [2.45, 2.75) is 71.8 Å². The van der Waals surface area contributed by atoms with Crippen LogP contribution in [0.1, 0.15) is 73.0 Å². The topological polar surface area (TPSA) is 151 Å². The molecule has 0 spiro atoms. The first-order valence-electron chi connectivity index (χ1n) is 14.9. The minimum Gasteiger partial charge on any atom is -0.458 e. The third-order valence-corrected chi connectivity index (χ3v) is 9.22. The second-order valence-corrected chi connectivity index (χ2v) is 12.1. The van der Waals surface area contributed by atoms with Crippen molar-refractivity contribution in [1.29, 1.82) is 0 Å². The monoisotopic (exact) mass is 606 g/mol. The summed E-state index contributed by atoms with van der Waals surface area (Å²) in [7, 11) is 0. The van der Waals surface area contributed by atoms with Crippen LogP contribution in [-0.2, 0) is 44.3 Å². The van der Waals surface area contributed by atoms with Crippen molar-refractivity contribution in [3.8, 4) is 11.4 Å². The number of hydrogen-bond acceptors (Lipinski definition) is 8. The Hall–Kier alpha value is -4.16. The minimum absolute atomic E-state index is 0.000449. The number of nitrogens with one attached hydrogen (secondary N) is 1. The molecule has 44 heavy (non-hydrogen) atoms. The molecule has 4 heterocycles. The SMILES string of the molecule is CC[C@@]1(O)C(=O)OCc2c1cc1n(c2=O)Cc2c-1nc1cc(F)c(C)c3c1c2C(NC(=O)CN(CCO)C(=O)C(C)C)CC3. The van der Waals surface area contributed by atoms with Crippen LogP contribution in [0.15, 0.2) is 16.9 Å². The van der Waals surface area contributed by atoms with Crippen molar-refractivity contribution >= 4 is 28.7 Å². The van der Waals surface area contributed by atoms with Crippen LogP contribution < -0.4 is 10.9 Å². The van der Waals surface area contributed by atoms with E-state index in [1.54, 1.807) is 33.8 Å². The number of aryl methyl sites for hydroxylation is 1. The number of nitrogens with zero attached hydrogens (tertiary/aromatic N) is 3. The Kier molecular flexibility index (Phi) is 7.32. The van der Waals surface area contributed by atoms with E-state index in [1.807, 2.05) is 0 Å². The van der Waals surface area contributed by atoms with Gasteiger partial charge < -0.3 is 29.7 Å². The summed E-state index contributed by atoms with van der Waals surface area (Å²) in [5, 5.41) is 24.5. The smallest absolute Gasteiger partial charge is 0.343 e. The fourth-order valence-electron chi connectivity index (χ4n) is 6.87. The number of carbonyl (C=O) groups is 3. The second kappa shape index (κ2) is 10.8. The molecule has 6 rings (SSSR count). The van der Waals surface area contributed by atoms with E-state index < -0.39 is 34.9 Å². The number of aromatic nitrogens is 2. The van der Waals surface area contributed by atoms with Gasteiger partial charge in [0.2, 0.25) is 11.8 Å². The summed E-state index contributed by atoms with van der Waals surface area (Å²) in [6, 6.07) is 2.43. The van der Waals surface area contributed by atoms with Gasteiger partial charge in [0, 0.05) is 35.0 Å². The quantitative estimate of drug-likeness (QED) is 0.271. The van der Waals surface area contributed by atoms with E-state index in [4.69, 9.17) is 9.72 Å². The van der Waals surface area contributed by atoms with Gasteiger partial charge in [-0.1, -0.05) is 20.8 Å². The number of aliphatic hydroxyl groups excluding tert-OH is 1. The largest absolute Gasteiger partial charge is 0.458 e.